The second-order valence-corrected chi connectivity index (χ2v) is 5.64. The summed E-state index contributed by atoms with van der Waals surface area (Å²) in [5, 5.41) is 6.09. The molecule has 0 spiro atoms. The molecule has 128 valence electrons. The van der Waals surface area contributed by atoms with E-state index >= 15 is 0 Å². The van der Waals surface area contributed by atoms with E-state index in [0.29, 0.717) is 5.76 Å². The minimum absolute atomic E-state index is 0.0966. The normalized spacial score (nSPS) is 11.9. The molecule has 1 atom stereocenters. The van der Waals surface area contributed by atoms with Crippen LogP contribution < -0.4 is 10.6 Å². The van der Waals surface area contributed by atoms with E-state index in [-0.39, 0.29) is 18.2 Å². The van der Waals surface area contributed by atoms with Gasteiger partial charge in [-0.25, -0.2) is 4.39 Å². The van der Waals surface area contributed by atoms with Crippen LogP contribution in [0.3, 0.4) is 0 Å². The summed E-state index contributed by atoms with van der Waals surface area (Å²) in [5.41, 5.74) is 0.645. The lowest BCUT2D eigenvalue weighted by atomic mass is 10.2. The molecule has 2 aromatic carbocycles. The lowest BCUT2D eigenvalue weighted by Crippen LogP contribution is -2.38. The maximum Gasteiger partial charge on any atom is 0.254 e. The minimum Gasteiger partial charge on any atom is -0.459 e. The molecule has 2 amide bonds. The summed E-state index contributed by atoms with van der Waals surface area (Å²) in [7, 11) is 0. The fourth-order valence-corrected chi connectivity index (χ4v) is 2.48. The Morgan fingerprint density at radius 1 is 1.12 bits per heavy atom. The third-order valence-electron chi connectivity index (χ3n) is 3.78. The fraction of sp³-hybridized carbons (Fsp3) is 0.158. The van der Waals surface area contributed by atoms with Crippen molar-refractivity contribution in [1.82, 2.24) is 10.6 Å². The van der Waals surface area contributed by atoms with Gasteiger partial charge in [0.15, 0.2) is 0 Å². The highest BCUT2D eigenvalue weighted by Crippen LogP contribution is 2.23. The quantitative estimate of drug-likeness (QED) is 0.749. The zero-order chi connectivity index (χ0) is 17.8. The fourth-order valence-electron chi connectivity index (χ4n) is 2.48. The van der Waals surface area contributed by atoms with Crippen molar-refractivity contribution >= 4 is 22.8 Å². The van der Waals surface area contributed by atoms with E-state index in [2.05, 4.69) is 10.6 Å². The summed E-state index contributed by atoms with van der Waals surface area (Å²) in [5.74, 6) is -1.03. The molecule has 0 saturated carbocycles. The minimum atomic E-state index is -0.635. The van der Waals surface area contributed by atoms with Crippen LogP contribution in [0.1, 0.15) is 29.1 Å². The van der Waals surface area contributed by atoms with E-state index in [1.807, 2.05) is 30.3 Å². The van der Waals surface area contributed by atoms with Crippen molar-refractivity contribution in [1.29, 1.82) is 0 Å². The molecule has 0 aliphatic heterocycles. The van der Waals surface area contributed by atoms with Gasteiger partial charge >= 0.3 is 0 Å². The number of rotatable bonds is 5. The summed E-state index contributed by atoms with van der Waals surface area (Å²) in [6, 6.07) is 14.7. The number of furan rings is 1. The smallest absolute Gasteiger partial charge is 0.254 e. The van der Waals surface area contributed by atoms with Gasteiger partial charge in [-0.3, -0.25) is 9.59 Å². The lowest BCUT2D eigenvalue weighted by molar-refractivity contribution is -0.120. The first-order valence-corrected chi connectivity index (χ1v) is 7.85. The molecule has 25 heavy (non-hydrogen) atoms. The van der Waals surface area contributed by atoms with Gasteiger partial charge in [0.25, 0.3) is 5.91 Å². The molecule has 6 heteroatoms. The average Bonchev–Trinajstić information content (AvgIpc) is 3.04. The van der Waals surface area contributed by atoms with Crippen LogP contribution in [-0.4, -0.2) is 18.4 Å². The Hall–Kier alpha value is -3.15. The van der Waals surface area contributed by atoms with Gasteiger partial charge < -0.3 is 15.1 Å². The third-order valence-corrected chi connectivity index (χ3v) is 3.78. The number of carbonyl (C=O) groups excluding carboxylic acids is 2. The van der Waals surface area contributed by atoms with Gasteiger partial charge in [-0.2, -0.15) is 0 Å². The van der Waals surface area contributed by atoms with Gasteiger partial charge in [-0.15, -0.1) is 0 Å². The van der Waals surface area contributed by atoms with E-state index in [9.17, 15) is 14.0 Å². The molecule has 1 aromatic heterocycles. The summed E-state index contributed by atoms with van der Waals surface area (Å²) >= 11 is 0. The van der Waals surface area contributed by atoms with E-state index in [4.69, 9.17) is 4.42 Å². The molecule has 0 fully saturated rings. The molecule has 0 unspecified atom stereocenters. The maximum absolute atomic E-state index is 13.5. The number of fused-ring (bicyclic) bond motifs is 1. The molecular weight excluding hydrogens is 323 g/mol. The maximum atomic E-state index is 13.5. The van der Waals surface area contributed by atoms with Gasteiger partial charge in [-0.05, 0) is 31.2 Å². The Morgan fingerprint density at radius 3 is 2.60 bits per heavy atom. The van der Waals surface area contributed by atoms with Gasteiger partial charge in [0.2, 0.25) is 5.91 Å². The van der Waals surface area contributed by atoms with E-state index in [1.54, 1.807) is 13.0 Å². The molecule has 0 radical (unpaired) electrons. The van der Waals surface area contributed by atoms with Crippen LogP contribution in [0.5, 0.6) is 0 Å². The van der Waals surface area contributed by atoms with Crippen molar-refractivity contribution in [2.75, 3.05) is 6.54 Å². The van der Waals surface area contributed by atoms with E-state index in [0.717, 1.165) is 11.0 Å². The monoisotopic (exact) mass is 340 g/mol. The van der Waals surface area contributed by atoms with Crippen LogP contribution in [0, 0.1) is 5.82 Å². The Kier molecular flexibility index (Phi) is 4.79. The van der Waals surface area contributed by atoms with Crippen molar-refractivity contribution in [2.24, 2.45) is 0 Å². The SMILES string of the molecule is C[C@H](NC(=O)CNC(=O)c1ccccc1F)c1cc2ccccc2o1. The van der Waals surface area contributed by atoms with Gasteiger partial charge in [-0.1, -0.05) is 30.3 Å². The van der Waals surface area contributed by atoms with Gasteiger partial charge in [0.1, 0.15) is 17.2 Å². The van der Waals surface area contributed by atoms with Crippen molar-refractivity contribution in [2.45, 2.75) is 13.0 Å². The van der Waals surface area contributed by atoms with Crippen LogP contribution in [-0.2, 0) is 4.79 Å². The number of benzene rings is 2. The van der Waals surface area contributed by atoms with Gasteiger partial charge in [0.05, 0.1) is 18.2 Å². The number of halogens is 1. The molecule has 3 rings (SSSR count). The van der Waals surface area contributed by atoms with Crippen LogP contribution in [0.25, 0.3) is 11.0 Å². The van der Waals surface area contributed by atoms with Crippen LogP contribution in [0.4, 0.5) is 4.39 Å². The second-order valence-electron chi connectivity index (χ2n) is 5.64. The predicted octanol–water partition coefficient (Wildman–Crippen LogP) is 3.18. The first-order chi connectivity index (χ1) is 12.0. The number of hydrogen-bond acceptors (Lipinski definition) is 3. The summed E-state index contributed by atoms with van der Waals surface area (Å²) < 4.78 is 19.2. The molecule has 0 saturated heterocycles. The van der Waals surface area contributed by atoms with Gasteiger partial charge in [0, 0.05) is 5.39 Å². The molecule has 3 aromatic rings. The highest BCUT2D eigenvalue weighted by atomic mass is 19.1. The van der Waals surface area contributed by atoms with Crippen molar-refractivity contribution in [3.05, 3.63) is 71.7 Å². The van der Waals surface area contributed by atoms with Crippen LogP contribution in [0.15, 0.2) is 59.0 Å². The molecule has 0 aliphatic rings. The first kappa shape index (κ1) is 16.7. The largest absolute Gasteiger partial charge is 0.459 e. The standard InChI is InChI=1S/C19H17FN2O3/c1-12(17-10-13-6-2-5-9-16(13)25-17)22-18(23)11-21-19(24)14-7-3-4-8-15(14)20/h2-10,12H,11H2,1H3,(H,21,24)(H,22,23)/t12-/m0/s1. The molecule has 0 bridgehead atoms. The zero-order valence-corrected chi connectivity index (χ0v) is 13.6. The Balaban J connectivity index is 1.57. The topological polar surface area (TPSA) is 71.3 Å². The first-order valence-electron chi connectivity index (χ1n) is 7.85. The number of carbonyl (C=O) groups is 2. The Labute approximate surface area is 143 Å². The number of amides is 2. The number of para-hydroxylation sites is 1. The van der Waals surface area contributed by atoms with Crippen LogP contribution in [0.2, 0.25) is 0 Å². The summed E-state index contributed by atoms with van der Waals surface area (Å²) in [6.07, 6.45) is 0. The summed E-state index contributed by atoms with van der Waals surface area (Å²) in [4.78, 5) is 23.9. The summed E-state index contributed by atoms with van der Waals surface area (Å²) in [6.45, 7) is 1.53. The third kappa shape index (κ3) is 3.85. The Morgan fingerprint density at radius 2 is 1.84 bits per heavy atom. The Bertz CT molecular complexity index is 887. The molecular formula is C19H17FN2O3. The molecule has 5 nitrogen and oxygen atoms in total. The van der Waals surface area contributed by atoms with Crippen molar-refractivity contribution in [3.63, 3.8) is 0 Å². The molecule has 0 aliphatic carbocycles. The van der Waals surface area contributed by atoms with E-state index in [1.165, 1.54) is 18.2 Å². The van der Waals surface area contributed by atoms with Crippen molar-refractivity contribution < 1.29 is 18.4 Å². The number of hydrogen-bond donors (Lipinski definition) is 2. The predicted molar refractivity (Wildman–Crippen MR) is 91.5 cm³/mol. The highest BCUT2D eigenvalue weighted by molar-refractivity contribution is 5.96. The second kappa shape index (κ2) is 7.17. The highest BCUT2D eigenvalue weighted by Gasteiger charge is 2.16. The molecule has 2 N–H and O–H groups in total. The number of nitrogens with one attached hydrogen (secondary N) is 2. The van der Waals surface area contributed by atoms with E-state index < -0.39 is 17.6 Å². The van der Waals surface area contributed by atoms with Crippen LogP contribution >= 0.6 is 0 Å². The lowest BCUT2D eigenvalue weighted by Gasteiger charge is -2.12. The average molecular weight is 340 g/mol. The van der Waals surface area contributed by atoms with Crippen molar-refractivity contribution in [3.8, 4) is 0 Å². The zero-order valence-electron chi connectivity index (χ0n) is 13.6. The molecule has 1 heterocycles.